The summed E-state index contributed by atoms with van der Waals surface area (Å²) in [6.45, 7) is 6.96. The Kier molecular flexibility index (Phi) is 3.15. The molecule has 2 rings (SSSR count). The largest absolute Gasteiger partial charge is 0.335 e. The molecule has 1 aliphatic rings. The summed E-state index contributed by atoms with van der Waals surface area (Å²) in [5.74, 6) is -0.183. The lowest BCUT2D eigenvalue weighted by Crippen LogP contribution is -2.71. The average Bonchev–Trinajstić information content (AvgIpc) is 2.22. The van der Waals surface area contributed by atoms with Gasteiger partial charge in [-0.1, -0.05) is 13.8 Å². The zero-order chi connectivity index (χ0) is 13.5. The van der Waals surface area contributed by atoms with Crippen LogP contribution in [0.15, 0.2) is 18.2 Å². The fourth-order valence-corrected chi connectivity index (χ4v) is 2.22. The Hall–Kier alpha value is -1.42. The molecule has 0 spiro atoms. The van der Waals surface area contributed by atoms with Gasteiger partial charge in [0.1, 0.15) is 5.82 Å². The number of benzene rings is 1. The van der Waals surface area contributed by atoms with Gasteiger partial charge in [-0.15, -0.1) is 0 Å². The van der Waals surface area contributed by atoms with Crippen LogP contribution in [-0.4, -0.2) is 29.4 Å². The van der Waals surface area contributed by atoms with Crippen molar-refractivity contribution in [2.45, 2.75) is 26.3 Å². The first kappa shape index (κ1) is 13.0. The fraction of sp³-hybridized carbons (Fsp3) is 0.500. The van der Waals surface area contributed by atoms with E-state index >= 15 is 0 Å². The number of carbonyl (C=O) groups is 1. The smallest absolute Gasteiger partial charge is 0.254 e. The summed E-state index contributed by atoms with van der Waals surface area (Å²) >= 11 is 0. The standard InChI is InChI=1S/C14H19FN2O/c1-9(2)14(16)7-17(8-14)13(18)11-4-10(3)5-12(15)6-11/h4-6,9H,7-8,16H2,1-3H3. The maximum absolute atomic E-state index is 13.3. The topological polar surface area (TPSA) is 46.3 Å². The van der Waals surface area contributed by atoms with Gasteiger partial charge in [0, 0.05) is 18.7 Å². The van der Waals surface area contributed by atoms with Gasteiger partial charge >= 0.3 is 0 Å². The summed E-state index contributed by atoms with van der Waals surface area (Å²) in [7, 11) is 0. The fourth-order valence-electron chi connectivity index (χ4n) is 2.22. The minimum absolute atomic E-state index is 0.140. The molecule has 1 aromatic rings. The van der Waals surface area contributed by atoms with Crippen molar-refractivity contribution in [3.63, 3.8) is 0 Å². The van der Waals surface area contributed by atoms with E-state index < -0.39 is 0 Å². The lowest BCUT2D eigenvalue weighted by atomic mass is 9.80. The number of nitrogens with two attached hydrogens (primary N) is 1. The van der Waals surface area contributed by atoms with Crippen molar-refractivity contribution in [2.75, 3.05) is 13.1 Å². The van der Waals surface area contributed by atoms with Crippen LogP contribution in [0.25, 0.3) is 0 Å². The first-order valence-corrected chi connectivity index (χ1v) is 6.17. The Labute approximate surface area is 107 Å². The maximum atomic E-state index is 13.3. The highest BCUT2D eigenvalue weighted by Crippen LogP contribution is 2.27. The molecule has 0 atom stereocenters. The first-order valence-electron chi connectivity index (χ1n) is 6.17. The zero-order valence-electron chi connectivity index (χ0n) is 11.0. The molecular weight excluding hydrogens is 231 g/mol. The van der Waals surface area contributed by atoms with E-state index in [1.165, 1.54) is 12.1 Å². The van der Waals surface area contributed by atoms with Crippen LogP contribution in [0, 0.1) is 18.7 Å². The van der Waals surface area contributed by atoms with Crippen molar-refractivity contribution < 1.29 is 9.18 Å². The van der Waals surface area contributed by atoms with E-state index in [4.69, 9.17) is 5.73 Å². The molecule has 3 nitrogen and oxygen atoms in total. The zero-order valence-corrected chi connectivity index (χ0v) is 11.0. The van der Waals surface area contributed by atoms with E-state index in [9.17, 15) is 9.18 Å². The molecule has 1 aromatic carbocycles. The summed E-state index contributed by atoms with van der Waals surface area (Å²) < 4.78 is 13.3. The molecule has 1 saturated heterocycles. The lowest BCUT2D eigenvalue weighted by molar-refractivity contribution is 0.0274. The number of halogens is 1. The molecule has 0 saturated carbocycles. The number of rotatable bonds is 2. The molecule has 98 valence electrons. The van der Waals surface area contributed by atoms with Gasteiger partial charge in [0.15, 0.2) is 0 Å². The SMILES string of the molecule is Cc1cc(F)cc(C(=O)N2CC(N)(C(C)C)C2)c1. The van der Waals surface area contributed by atoms with E-state index in [0.29, 0.717) is 24.6 Å². The van der Waals surface area contributed by atoms with Crippen molar-refractivity contribution in [1.29, 1.82) is 0 Å². The Morgan fingerprint density at radius 2 is 2.00 bits per heavy atom. The van der Waals surface area contributed by atoms with Crippen molar-refractivity contribution in [2.24, 2.45) is 11.7 Å². The third-order valence-corrected chi connectivity index (χ3v) is 3.70. The molecule has 18 heavy (non-hydrogen) atoms. The van der Waals surface area contributed by atoms with E-state index in [1.807, 2.05) is 13.8 Å². The maximum Gasteiger partial charge on any atom is 0.254 e. The van der Waals surface area contributed by atoms with E-state index in [2.05, 4.69) is 0 Å². The van der Waals surface area contributed by atoms with Crippen LogP contribution < -0.4 is 5.73 Å². The summed E-state index contributed by atoms with van der Waals surface area (Å²) in [6, 6.07) is 4.40. The number of aryl methyl sites for hydroxylation is 1. The second kappa shape index (κ2) is 4.35. The minimum Gasteiger partial charge on any atom is -0.335 e. The molecule has 1 heterocycles. The number of amides is 1. The van der Waals surface area contributed by atoms with Crippen molar-refractivity contribution in [3.8, 4) is 0 Å². The lowest BCUT2D eigenvalue weighted by Gasteiger charge is -2.50. The Balaban J connectivity index is 2.10. The van der Waals surface area contributed by atoms with Gasteiger partial charge in [-0.25, -0.2) is 4.39 Å². The second-order valence-corrected chi connectivity index (χ2v) is 5.57. The predicted molar refractivity (Wildman–Crippen MR) is 68.8 cm³/mol. The number of carbonyl (C=O) groups excluding carboxylic acids is 1. The molecule has 1 fully saturated rings. The van der Waals surface area contributed by atoms with Crippen LogP contribution in [0.5, 0.6) is 0 Å². The van der Waals surface area contributed by atoms with Gasteiger partial charge in [-0.3, -0.25) is 4.79 Å². The number of nitrogens with zero attached hydrogens (tertiary/aromatic N) is 1. The highest BCUT2D eigenvalue weighted by atomic mass is 19.1. The summed E-state index contributed by atoms with van der Waals surface area (Å²) in [6.07, 6.45) is 0. The predicted octanol–water partition coefficient (Wildman–Crippen LogP) is 1.94. The van der Waals surface area contributed by atoms with Gasteiger partial charge < -0.3 is 10.6 Å². The van der Waals surface area contributed by atoms with E-state index in [0.717, 1.165) is 5.56 Å². The summed E-state index contributed by atoms with van der Waals surface area (Å²) in [5, 5.41) is 0. The molecular formula is C14H19FN2O. The third-order valence-electron chi connectivity index (χ3n) is 3.70. The molecule has 1 amide bonds. The first-order chi connectivity index (χ1) is 8.32. The summed E-state index contributed by atoms with van der Waals surface area (Å²) in [5.41, 5.74) is 7.00. The Morgan fingerprint density at radius 3 is 2.50 bits per heavy atom. The Bertz CT molecular complexity index is 458. The second-order valence-electron chi connectivity index (χ2n) is 5.57. The van der Waals surface area contributed by atoms with Gasteiger partial charge in [0.2, 0.25) is 0 Å². The molecule has 0 unspecified atom stereocenters. The van der Waals surface area contributed by atoms with Gasteiger partial charge in [-0.2, -0.15) is 0 Å². The molecule has 4 heteroatoms. The van der Waals surface area contributed by atoms with Crippen LogP contribution in [0.1, 0.15) is 29.8 Å². The molecule has 1 aliphatic heterocycles. The quantitative estimate of drug-likeness (QED) is 0.872. The third kappa shape index (κ3) is 2.25. The normalized spacial score (nSPS) is 17.8. The van der Waals surface area contributed by atoms with Crippen LogP contribution >= 0.6 is 0 Å². The molecule has 2 N–H and O–H groups in total. The number of hydrogen-bond acceptors (Lipinski definition) is 2. The van der Waals surface area contributed by atoms with Gasteiger partial charge in [0.05, 0.1) is 5.54 Å². The highest BCUT2D eigenvalue weighted by Gasteiger charge is 2.44. The molecule has 0 aromatic heterocycles. The monoisotopic (exact) mass is 250 g/mol. The Morgan fingerprint density at radius 1 is 1.39 bits per heavy atom. The van der Waals surface area contributed by atoms with Gasteiger partial charge in [-0.05, 0) is 36.6 Å². The average molecular weight is 250 g/mol. The number of likely N-dealkylation sites (tertiary alicyclic amines) is 1. The minimum atomic E-state index is -0.373. The van der Waals surface area contributed by atoms with Crippen molar-refractivity contribution >= 4 is 5.91 Å². The van der Waals surface area contributed by atoms with Crippen LogP contribution in [0.2, 0.25) is 0 Å². The molecule has 0 aliphatic carbocycles. The van der Waals surface area contributed by atoms with E-state index in [1.54, 1.807) is 17.9 Å². The van der Waals surface area contributed by atoms with Gasteiger partial charge in [0.25, 0.3) is 5.91 Å². The van der Waals surface area contributed by atoms with E-state index in [-0.39, 0.29) is 17.3 Å². The van der Waals surface area contributed by atoms with Crippen molar-refractivity contribution in [3.05, 3.63) is 35.1 Å². The highest BCUT2D eigenvalue weighted by molar-refractivity contribution is 5.95. The van der Waals surface area contributed by atoms with Crippen LogP contribution in [0.3, 0.4) is 0 Å². The number of hydrogen-bond donors (Lipinski definition) is 1. The van der Waals surface area contributed by atoms with Crippen LogP contribution in [-0.2, 0) is 0 Å². The van der Waals surface area contributed by atoms with Crippen molar-refractivity contribution in [1.82, 2.24) is 4.90 Å². The molecule has 0 bridgehead atoms. The molecule has 0 radical (unpaired) electrons. The van der Waals surface area contributed by atoms with Crippen LogP contribution in [0.4, 0.5) is 4.39 Å². The summed E-state index contributed by atoms with van der Waals surface area (Å²) in [4.78, 5) is 13.8.